The standard InChI is InChI=1S/C24H24F2N2O/c1-2-23(29)28-13-11-21(12-14-28)24(25,26)20-9-7-17(8-10-20)19-15-18-5-3-4-6-22(18)27-16-19/h3-10,15-16,21H,2,11-14H2,1H3. The Hall–Kier alpha value is -2.82. The van der Waals surface area contributed by atoms with Crippen molar-refractivity contribution in [3.8, 4) is 11.1 Å². The van der Waals surface area contributed by atoms with E-state index in [-0.39, 0.29) is 11.5 Å². The average Bonchev–Trinajstić information content (AvgIpc) is 2.78. The molecule has 1 amide bonds. The molecule has 0 radical (unpaired) electrons. The third-order valence-electron chi connectivity index (χ3n) is 5.86. The molecule has 2 heterocycles. The topological polar surface area (TPSA) is 33.2 Å². The zero-order valence-electron chi connectivity index (χ0n) is 16.4. The van der Waals surface area contributed by atoms with Gasteiger partial charge in [-0.15, -0.1) is 0 Å². The third-order valence-corrected chi connectivity index (χ3v) is 5.86. The van der Waals surface area contributed by atoms with Crippen molar-refractivity contribution in [2.24, 2.45) is 5.92 Å². The number of pyridine rings is 1. The predicted molar refractivity (Wildman–Crippen MR) is 111 cm³/mol. The molecular weight excluding hydrogens is 370 g/mol. The number of piperidine rings is 1. The maximum atomic E-state index is 15.1. The van der Waals surface area contributed by atoms with Gasteiger partial charge in [0.1, 0.15) is 0 Å². The molecule has 3 aromatic rings. The van der Waals surface area contributed by atoms with Gasteiger partial charge in [-0.3, -0.25) is 9.78 Å². The summed E-state index contributed by atoms with van der Waals surface area (Å²) >= 11 is 0. The summed E-state index contributed by atoms with van der Waals surface area (Å²) in [4.78, 5) is 17.9. The highest BCUT2D eigenvalue weighted by molar-refractivity contribution is 5.83. The smallest absolute Gasteiger partial charge is 0.276 e. The van der Waals surface area contributed by atoms with Crippen LogP contribution in [0.2, 0.25) is 0 Å². The fraction of sp³-hybridized carbons (Fsp3) is 0.333. The van der Waals surface area contributed by atoms with Gasteiger partial charge in [-0.05, 0) is 30.5 Å². The van der Waals surface area contributed by atoms with Crippen LogP contribution in [-0.4, -0.2) is 28.9 Å². The first-order chi connectivity index (χ1) is 14.0. The number of fused-ring (bicyclic) bond motifs is 1. The quantitative estimate of drug-likeness (QED) is 0.574. The molecule has 2 aromatic carbocycles. The number of carbonyl (C=O) groups is 1. The second kappa shape index (κ2) is 7.90. The Labute approximate surface area is 169 Å². The largest absolute Gasteiger partial charge is 0.343 e. The molecule has 0 saturated carbocycles. The zero-order chi connectivity index (χ0) is 20.4. The van der Waals surface area contributed by atoms with Crippen LogP contribution in [0.25, 0.3) is 22.0 Å². The van der Waals surface area contributed by atoms with Gasteiger partial charge in [0.25, 0.3) is 5.92 Å². The summed E-state index contributed by atoms with van der Waals surface area (Å²) in [6.45, 7) is 2.62. The summed E-state index contributed by atoms with van der Waals surface area (Å²) in [5, 5.41) is 1.02. The minimum Gasteiger partial charge on any atom is -0.343 e. The van der Waals surface area contributed by atoms with Crippen LogP contribution in [-0.2, 0) is 10.7 Å². The van der Waals surface area contributed by atoms with E-state index >= 15 is 8.78 Å². The van der Waals surface area contributed by atoms with E-state index in [0.29, 0.717) is 32.4 Å². The zero-order valence-corrected chi connectivity index (χ0v) is 16.4. The molecule has 29 heavy (non-hydrogen) atoms. The molecule has 1 aliphatic rings. The van der Waals surface area contributed by atoms with Gasteiger partial charge in [-0.2, -0.15) is 0 Å². The Morgan fingerprint density at radius 2 is 1.76 bits per heavy atom. The van der Waals surface area contributed by atoms with E-state index in [0.717, 1.165) is 22.0 Å². The molecule has 1 aromatic heterocycles. The second-order valence-electron chi connectivity index (χ2n) is 7.63. The van der Waals surface area contributed by atoms with E-state index in [4.69, 9.17) is 0 Å². The molecule has 4 rings (SSSR count). The van der Waals surface area contributed by atoms with E-state index in [9.17, 15) is 4.79 Å². The molecule has 5 heteroatoms. The van der Waals surface area contributed by atoms with E-state index in [1.807, 2.05) is 30.3 Å². The lowest BCUT2D eigenvalue weighted by Crippen LogP contribution is -2.42. The van der Waals surface area contributed by atoms with Crippen molar-refractivity contribution < 1.29 is 13.6 Å². The number of rotatable bonds is 4. The van der Waals surface area contributed by atoms with Crippen LogP contribution in [0.4, 0.5) is 8.78 Å². The molecule has 3 nitrogen and oxygen atoms in total. The number of alkyl halides is 2. The van der Waals surface area contributed by atoms with Crippen molar-refractivity contribution in [3.63, 3.8) is 0 Å². The lowest BCUT2D eigenvalue weighted by atomic mass is 9.86. The normalized spacial score (nSPS) is 15.6. The van der Waals surface area contributed by atoms with E-state index in [2.05, 4.69) is 4.98 Å². The predicted octanol–water partition coefficient (Wildman–Crippen LogP) is 5.64. The molecular formula is C24H24F2N2O. The minimum absolute atomic E-state index is 0.0373. The van der Waals surface area contributed by atoms with Gasteiger partial charge in [0.2, 0.25) is 5.91 Å². The molecule has 0 aliphatic carbocycles. The number of amides is 1. The summed E-state index contributed by atoms with van der Waals surface area (Å²) in [6.07, 6.45) is 2.85. The van der Waals surface area contributed by atoms with Gasteiger partial charge >= 0.3 is 0 Å². The maximum absolute atomic E-state index is 15.1. The number of nitrogens with zero attached hydrogens (tertiary/aromatic N) is 2. The number of benzene rings is 2. The van der Waals surface area contributed by atoms with Crippen molar-refractivity contribution in [2.45, 2.75) is 32.1 Å². The van der Waals surface area contributed by atoms with Crippen LogP contribution < -0.4 is 0 Å². The molecule has 0 unspecified atom stereocenters. The fourth-order valence-electron chi connectivity index (χ4n) is 4.06. The van der Waals surface area contributed by atoms with Crippen molar-refractivity contribution in [2.75, 3.05) is 13.1 Å². The summed E-state index contributed by atoms with van der Waals surface area (Å²) in [7, 11) is 0. The first-order valence-electron chi connectivity index (χ1n) is 10.1. The van der Waals surface area contributed by atoms with Gasteiger partial charge in [0.05, 0.1) is 5.52 Å². The first-order valence-corrected chi connectivity index (χ1v) is 10.1. The maximum Gasteiger partial charge on any atom is 0.276 e. The van der Waals surface area contributed by atoms with Crippen molar-refractivity contribution in [1.29, 1.82) is 0 Å². The number of para-hydroxylation sites is 1. The number of hydrogen-bond donors (Lipinski definition) is 0. The summed E-state index contributed by atoms with van der Waals surface area (Å²) in [5.74, 6) is -3.60. The first kappa shape index (κ1) is 19.5. The van der Waals surface area contributed by atoms with Gasteiger partial charge in [-0.25, -0.2) is 8.78 Å². The van der Waals surface area contributed by atoms with Crippen molar-refractivity contribution >= 4 is 16.8 Å². The third kappa shape index (κ3) is 3.86. The summed E-state index contributed by atoms with van der Waals surface area (Å²) in [5.41, 5.74) is 2.72. The molecule has 1 fully saturated rings. The van der Waals surface area contributed by atoms with Crippen LogP contribution in [0.15, 0.2) is 60.8 Å². The van der Waals surface area contributed by atoms with Crippen molar-refractivity contribution in [3.05, 3.63) is 66.4 Å². The SMILES string of the molecule is CCC(=O)N1CCC(C(F)(F)c2ccc(-c3cnc4ccccc4c3)cc2)CC1. The number of halogens is 2. The minimum atomic E-state index is -2.90. The van der Waals surface area contributed by atoms with E-state index in [1.165, 1.54) is 12.1 Å². The number of likely N-dealkylation sites (tertiary alicyclic amines) is 1. The lowest BCUT2D eigenvalue weighted by Gasteiger charge is -2.36. The molecule has 1 saturated heterocycles. The molecule has 1 aliphatic heterocycles. The highest BCUT2D eigenvalue weighted by Crippen LogP contribution is 2.42. The van der Waals surface area contributed by atoms with E-state index in [1.54, 1.807) is 30.2 Å². The second-order valence-corrected chi connectivity index (χ2v) is 7.63. The van der Waals surface area contributed by atoms with Crippen LogP contribution in [0.1, 0.15) is 31.7 Å². The van der Waals surface area contributed by atoms with Gasteiger partial charge in [0.15, 0.2) is 0 Å². The van der Waals surface area contributed by atoms with E-state index < -0.39 is 11.8 Å². The van der Waals surface area contributed by atoms with Gasteiger partial charge < -0.3 is 4.90 Å². The molecule has 0 spiro atoms. The Balaban J connectivity index is 1.51. The van der Waals surface area contributed by atoms with Crippen molar-refractivity contribution in [1.82, 2.24) is 9.88 Å². The summed E-state index contributed by atoms with van der Waals surface area (Å²) in [6, 6.07) is 16.4. The highest BCUT2D eigenvalue weighted by Gasteiger charge is 2.43. The van der Waals surface area contributed by atoms with Crippen LogP contribution in [0, 0.1) is 5.92 Å². The average molecular weight is 394 g/mol. The van der Waals surface area contributed by atoms with Gasteiger partial charge in [0, 0.05) is 48.1 Å². The van der Waals surface area contributed by atoms with Crippen LogP contribution >= 0.6 is 0 Å². The van der Waals surface area contributed by atoms with Gasteiger partial charge in [-0.1, -0.05) is 49.4 Å². The Kier molecular flexibility index (Phi) is 5.31. The molecule has 0 bridgehead atoms. The Morgan fingerprint density at radius 1 is 1.07 bits per heavy atom. The lowest BCUT2D eigenvalue weighted by molar-refractivity contribution is -0.136. The number of carbonyl (C=O) groups excluding carboxylic acids is 1. The molecule has 150 valence electrons. The fourth-order valence-corrected chi connectivity index (χ4v) is 4.06. The van der Waals surface area contributed by atoms with Crippen LogP contribution in [0.5, 0.6) is 0 Å². The van der Waals surface area contributed by atoms with Crippen LogP contribution in [0.3, 0.4) is 0 Å². The Bertz CT molecular complexity index is 1010. The summed E-state index contributed by atoms with van der Waals surface area (Å²) < 4.78 is 30.2. The number of aromatic nitrogens is 1. The Morgan fingerprint density at radius 3 is 2.45 bits per heavy atom. The monoisotopic (exact) mass is 394 g/mol. The number of hydrogen-bond acceptors (Lipinski definition) is 2. The highest BCUT2D eigenvalue weighted by atomic mass is 19.3. The molecule has 0 N–H and O–H groups in total. The molecule has 0 atom stereocenters.